The van der Waals surface area contributed by atoms with Crippen molar-refractivity contribution in [3.8, 4) is 0 Å². The summed E-state index contributed by atoms with van der Waals surface area (Å²) in [6.45, 7) is 6.34. The molecule has 0 radical (unpaired) electrons. The molecule has 0 spiro atoms. The maximum Gasteiger partial charge on any atom is 0.271 e. The molecule has 0 aliphatic heterocycles. The van der Waals surface area contributed by atoms with Crippen LogP contribution >= 0.6 is 0 Å². The van der Waals surface area contributed by atoms with E-state index in [1.165, 1.54) is 11.1 Å². The molecule has 0 aliphatic carbocycles. The van der Waals surface area contributed by atoms with Gasteiger partial charge in [0, 0.05) is 28.0 Å². The molecule has 2 aromatic carbocycles. The molecule has 0 aliphatic rings. The van der Waals surface area contributed by atoms with Crippen LogP contribution in [0.1, 0.15) is 46.8 Å². The summed E-state index contributed by atoms with van der Waals surface area (Å²) in [4.78, 5) is 27.9. The Kier molecular flexibility index (Phi) is 4.84. The lowest BCUT2D eigenvalue weighted by Crippen LogP contribution is -2.42. The average molecular weight is 389 g/mol. The largest absolute Gasteiger partial charge is 0.464 e. The number of fused-ring (bicyclic) bond motifs is 2. The minimum absolute atomic E-state index is 0.113. The Hall–Kier alpha value is -3.54. The fourth-order valence-electron chi connectivity index (χ4n) is 3.67. The summed E-state index contributed by atoms with van der Waals surface area (Å²) in [6, 6.07) is 11.6. The van der Waals surface area contributed by atoms with Gasteiger partial charge in [-0.15, -0.1) is 0 Å². The third-order valence-corrected chi connectivity index (χ3v) is 5.16. The fourth-order valence-corrected chi connectivity index (χ4v) is 3.67. The van der Waals surface area contributed by atoms with Crippen LogP contribution < -0.4 is 10.9 Å². The van der Waals surface area contributed by atoms with Gasteiger partial charge in [0.1, 0.15) is 5.58 Å². The highest BCUT2D eigenvalue weighted by Crippen LogP contribution is 2.29. The summed E-state index contributed by atoms with van der Waals surface area (Å²) in [7, 11) is 0. The van der Waals surface area contributed by atoms with Crippen molar-refractivity contribution in [3.05, 3.63) is 71.1 Å². The zero-order chi connectivity index (χ0) is 20.5. The van der Waals surface area contributed by atoms with E-state index >= 15 is 0 Å². The fraction of sp³-hybridized carbons (Fsp3) is 0.217. The Balaban J connectivity index is 1.46. The zero-order valence-corrected chi connectivity index (χ0v) is 16.6. The summed E-state index contributed by atoms with van der Waals surface area (Å²) in [5, 5.41) is 1.73. The van der Waals surface area contributed by atoms with Crippen LogP contribution in [0.15, 0.2) is 53.3 Å². The standard InChI is InChI=1S/C23H23N3O3/c1-13(2)17-10-18-15(12-29-21(18)8-14(17)3)9-22(27)25-26-23(28)19-11-24-20-7-5-4-6-16(19)20/h4-8,10-13,24H,9H2,1-3H3,(H,25,27)(H,26,28). The number of carbonyl (C=O) groups is 2. The lowest BCUT2D eigenvalue weighted by Gasteiger charge is -2.10. The summed E-state index contributed by atoms with van der Waals surface area (Å²) < 4.78 is 5.63. The van der Waals surface area contributed by atoms with Crippen LogP contribution in [0, 0.1) is 6.92 Å². The van der Waals surface area contributed by atoms with E-state index in [0.717, 1.165) is 27.4 Å². The van der Waals surface area contributed by atoms with Gasteiger partial charge in [0.15, 0.2) is 0 Å². The van der Waals surface area contributed by atoms with Gasteiger partial charge in [-0.1, -0.05) is 32.0 Å². The number of carbonyl (C=O) groups excluding carboxylic acids is 2. The second kappa shape index (κ2) is 7.47. The Morgan fingerprint density at radius 3 is 2.69 bits per heavy atom. The molecule has 6 heteroatoms. The number of benzene rings is 2. The van der Waals surface area contributed by atoms with E-state index in [2.05, 4.69) is 42.7 Å². The number of furan rings is 1. The minimum Gasteiger partial charge on any atom is -0.464 e. The first-order valence-electron chi connectivity index (χ1n) is 9.60. The molecule has 4 aromatic rings. The molecule has 3 N–H and O–H groups in total. The predicted octanol–water partition coefficient (Wildman–Crippen LogP) is 4.35. The van der Waals surface area contributed by atoms with Crippen molar-refractivity contribution in [2.45, 2.75) is 33.1 Å². The number of hydrazine groups is 1. The maximum atomic E-state index is 12.4. The van der Waals surface area contributed by atoms with Crippen LogP contribution in [0.2, 0.25) is 0 Å². The zero-order valence-electron chi connectivity index (χ0n) is 16.6. The van der Waals surface area contributed by atoms with Gasteiger partial charge in [-0.25, -0.2) is 0 Å². The van der Waals surface area contributed by atoms with Gasteiger partial charge in [-0.05, 0) is 42.2 Å². The topological polar surface area (TPSA) is 87.1 Å². The van der Waals surface area contributed by atoms with Gasteiger partial charge in [-0.3, -0.25) is 20.4 Å². The molecule has 2 heterocycles. The number of hydrogen-bond donors (Lipinski definition) is 3. The van der Waals surface area contributed by atoms with Crippen molar-refractivity contribution < 1.29 is 14.0 Å². The molecule has 2 amide bonds. The number of aromatic nitrogens is 1. The van der Waals surface area contributed by atoms with E-state index < -0.39 is 0 Å². The number of nitrogens with one attached hydrogen (secondary N) is 3. The van der Waals surface area contributed by atoms with Crippen LogP contribution in [-0.4, -0.2) is 16.8 Å². The van der Waals surface area contributed by atoms with E-state index in [1.807, 2.05) is 30.3 Å². The normalized spacial score (nSPS) is 11.3. The molecule has 4 rings (SSSR count). The number of para-hydroxylation sites is 1. The Labute approximate surface area is 168 Å². The quantitative estimate of drug-likeness (QED) is 0.454. The van der Waals surface area contributed by atoms with Gasteiger partial charge < -0.3 is 9.40 Å². The van der Waals surface area contributed by atoms with Crippen molar-refractivity contribution in [1.82, 2.24) is 15.8 Å². The van der Waals surface area contributed by atoms with Crippen LogP contribution in [0.25, 0.3) is 21.9 Å². The van der Waals surface area contributed by atoms with Gasteiger partial charge in [0.2, 0.25) is 5.91 Å². The van der Waals surface area contributed by atoms with Crippen LogP contribution in [0.4, 0.5) is 0 Å². The van der Waals surface area contributed by atoms with Gasteiger partial charge in [0.25, 0.3) is 5.91 Å². The molecule has 29 heavy (non-hydrogen) atoms. The number of rotatable bonds is 4. The summed E-state index contributed by atoms with van der Waals surface area (Å²) in [5.74, 6) is -0.301. The predicted molar refractivity (Wildman–Crippen MR) is 113 cm³/mol. The Bertz CT molecular complexity index is 1220. The Morgan fingerprint density at radius 1 is 1.10 bits per heavy atom. The van der Waals surface area contributed by atoms with E-state index in [0.29, 0.717) is 11.5 Å². The van der Waals surface area contributed by atoms with E-state index in [-0.39, 0.29) is 18.2 Å². The van der Waals surface area contributed by atoms with Crippen molar-refractivity contribution in [2.75, 3.05) is 0 Å². The molecular weight excluding hydrogens is 366 g/mol. The third-order valence-electron chi connectivity index (χ3n) is 5.16. The highest BCUT2D eigenvalue weighted by molar-refractivity contribution is 6.07. The lowest BCUT2D eigenvalue weighted by atomic mass is 9.95. The first-order valence-corrected chi connectivity index (χ1v) is 9.60. The molecule has 6 nitrogen and oxygen atoms in total. The Morgan fingerprint density at radius 2 is 1.90 bits per heavy atom. The van der Waals surface area contributed by atoms with E-state index in [9.17, 15) is 9.59 Å². The van der Waals surface area contributed by atoms with Gasteiger partial charge in [-0.2, -0.15) is 0 Å². The summed E-state index contributed by atoms with van der Waals surface area (Å²) in [6.07, 6.45) is 3.35. The van der Waals surface area contributed by atoms with E-state index in [1.54, 1.807) is 12.5 Å². The van der Waals surface area contributed by atoms with Crippen molar-refractivity contribution in [1.29, 1.82) is 0 Å². The smallest absolute Gasteiger partial charge is 0.271 e. The molecular formula is C23H23N3O3. The van der Waals surface area contributed by atoms with E-state index in [4.69, 9.17) is 4.42 Å². The number of amides is 2. The first-order chi connectivity index (χ1) is 13.9. The van der Waals surface area contributed by atoms with Crippen molar-refractivity contribution >= 4 is 33.7 Å². The second-order valence-corrected chi connectivity index (χ2v) is 7.55. The molecule has 0 saturated heterocycles. The number of aromatic amines is 1. The summed E-state index contributed by atoms with van der Waals surface area (Å²) in [5.41, 5.74) is 10.3. The number of hydrogen-bond acceptors (Lipinski definition) is 3. The molecule has 2 aromatic heterocycles. The average Bonchev–Trinajstić information content (AvgIpc) is 3.29. The summed E-state index contributed by atoms with van der Waals surface area (Å²) >= 11 is 0. The first kappa shape index (κ1) is 18.8. The van der Waals surface area contributed by atoms with Crippen LogP contribution in [-0.2, 0) is 11.2 Å². The van der Waals surface area contributed by atoms with Crippen LogP contribution in [0.5, 0.6) is 0 Å². The van der Waals surface area contributed by atoms with Crippen molar-refractivity contribution in [2.24, 2.45) is 0 Å². The molecule has 0 bridgehead atoms. The third kappa shape index (κ3) is 3.61. The number of aryl methyl sites for hydroxylation is 1. The van der Waals surface area contributed by atoms with Gasteiger partial charge >= 0.3 is 0 Å². The molecule has 148 valence electrons. The second-order valence-electron chi connectivity index (χ2n) is 7.55. The highest BCUT2D eigenvalue weighted by Gasteiger charge is 2.16. The molecule has 0 unspecified atom stereocenters. The maximum absolute atomic E-state index is 12.4. The molecule has 0 atom stereocenters. The van der Waals surface area contributed by atoms with Gasteiger partial charge in [0.05, 0.1) is 18.2 Å². The SMILES string of the molecule is Cc1cc2occ(CC(=O)NNC(=O)c3c[nH]c4ccccc34)c2cc1C(C)C. The molecule has 0 saturated carbocycles. The van der Waals surface area contributed by atoms with Crippen molar-refractivity contribution in [3.63, 3.8) is 0 Å². The minimum atomic E-state index is -0.370. The highest BCUT2D eigenvalue weighted by atomic mass is 16.3. The molecule has 0 fully saturated rings. The number of H-pyrrole nitrogens is 1. The lowest BCUT2D eigenvalue weighted by molar-refractivity contribution is -0.121. The van der Waals surface area contributed by atoms with Crippen LogP contribution in [0.3, 0.4) is 0 Å². The monoisotopic (exact) mass is 389 g/mol.